The van der Waals surface area contributed by atoms with Crippen LogP contribution in [0, 0.1) is 12.3 Å². The molecule has 1 amide bonds. The number of ether oxygens (including phenoxy) is 1. The van der Waals surface area contributed by atoms with Crippen molar-refractivity contribution in [3.8, 4) is 5.75 Å². The molecule has 0 aliphatic carbocycles. The second kappa shape index (κ2) is 11.5. The number of nitrogens with one attached hydrogen (secondary N) is 4. The van der Waals surface area contributed by atoms with Crippen LogP contribution in [-0.2, 0) is 27.9 Å². The Kier molecular flexibility index (Phi) is 8.45. The predicted molar refractivity (Wildman–Crippen MR) is 136 cm³/mol. The highest BCUT2D eigenvalue weighted by molar-refractivity contribution is 7.92. The molecule has 0 aliphatic heterocycles. The standard InChI is InChI=1S/C25H29N5O4S/c1-17-8-11-22(30-35(32,33)21-6-4-3-5-7-21)20(12-17)15-29-14-19-10-9-18(25(26)27)13-23(19)34-16-24(31)28-2/h3-13,29-30H,14-16H2,1-2H3,(H3,26,27)(H,28,31). The van der Waals surface area contributed by atoms with Crippen molar-refractivity contribution in [1.82, 2.24) is 10.6 Å². The molecule has 3 rings (SSSR count). The minimum absolute atomic E-state index is 0.107. The summed E-state index contributed by atoms with van der Waals surface area (Å²) in [6.45, 7) is 2.51. The van der Waals surface area contributed by atoms with E-state index in [0.717, 1.165) is 16.7 Å². The van der Waals surface area contributed by atoms with Gasteiger partial charge in [-0.2, -0.15) is 0 Å². The number of nitrogen functional groups attached to an aromatic ring is 1. The van der Waals surface area contributed by atoms with E-state index < -0.39 is 10.0 Å². The Morgan fingerprint density at radius 2 is 1.71 bits per heavy atom. The van der Waals surface area contributed by atoms with E-state index in [1.165, 1.54) is 7.05 Å². The van der Waals surface area contributed by atoms with Crippen molar-refractivity contribution in [3.63, 3.8) is 0 Å². The molecule has 0 spiro atoms. The van der Waals surface area contributed by atoms with Crippen LogP contribution in [0.2, 0.25) is 0 Å². The van der Waals surface area contributed by atoms with Gasteiger partial charge in [-0.15, -0.1) is 0 Å². The summed E-state index contributed by atoms with van der Waals surface area (Å²) in [5.41, 5.74) is 9.08. The highest BCUT2D eigenvalue weighted by Gasteiger charge is 2.16. The summed E-state index contributed by atoms with van der Waals surface area (Å²) in [4.78, 5) is 11.8. The second-order valence-corrected chi connectivity index (χ2v) is 9.56. The highest BCUT2D eigenvalue weighted by Crippen LogP contribution is 2.23. The molecule has 0 bridgehead atoms. The van der Waals surface area contributed by atoms with E-state index in [1.54, 1.807) is 54.6 Å². The number of carbonyl (C=O) groups is 1. The average molecular weight is 496 g/mol. The van der Waals surface area contributed by atoms with Gasteiger partial charge in [0, 0.05) is 31.3 Å². The van der Waals surface area contributed by atoms with Crippen LogP contribution in [-0.4, -0.2) is 33.8 Å². The van der Waals surface area contributed by atoms with Gasteiger partial charge in [0.25, 0.3) is 15.9 Å². The summed E-state index contributed by atoms with van der Waals surface area (Å²) in [5, 5.41) is 13.5. The topological polar surface area (TPSA) is 146 Å². The molecule has 0 saturated carbocycles. The number of rotatable bonds is 11. The number of amidine groups is 1. The van der Waals surface area contributed by atoms with Gasteiger partial charge in [0.2, 0.25) is 0 Å². The molecule has 0 radical (unpaired) electrons. The summed E-state index contributed by atoms with van der Waals surface area (Å²) < 4.78 is 33.9. The molecule has 184 valence electrons. The number of hydrogen-bond donors (Lipinski definition) is 5. The molecule has 10 heteroatoms. The fraction of sp³-hybridized carbons (Fsp3) is 0.200. The number of anilines is 1. The third-order valence-electron chi connectivity index (χ3n) is 5.21. The van der Waals surface area contributed by atoms with Gasteiger partial charge in [-0.05, 0) is 36.8 Å². The average Bonchev–Trinajstić information content (AvgIpc) is 2.85. The Bertz CT molecular complexity index is 1310. The van der Waals surface area contributed by atoms with Gasteiger partial charge >= 0.3 is 0 Å². The maximum atomic E-state index is 12.8. The molecule has 9 nitrogen and oxygen atoms in total. The minimum atomic E-state index is -3.73. The van der Waals surface area contributed by atoms with Crippen molar-refractivity contribution in [2.75, 3.05) is 18.4 Å². The van der Waals surface area contributed by atoms with Crippen molar-refractivity contribution >= 4 is 27.5 Å². The Morgan fingerprint density at radius 1 is 1.00 bits per heavy atom. The summed E-state index contributed by atoms with van der Waals surface area (Å²) in [6, 6.07) is 18.8. The van der Waals surface area contributed by atoms with Crippen molar-refractivity contribution in [2.45, 2.75) is 24.9 Å². The number of sulfonamides is 1. The highest BCUT2D eigenvalue weighted by atomic mass is 32.2. The van der Waals surface area contributed by atoms with Crippen LogP contribution in [0.3, 0.4) is 0 Å². The van der Waals surface area contributed by atoms with Crippen LogP contribution >= 0.6 is 0 Å². The van der Waals surface area contributed by atoms with Gasteiger partial charge < -0.3 is 21.1 Å². The fourth-order valence-corrected chi connectivity index (χ4v) is 4.44. The normalized spacial score (nSPS) is 11.0. The maximum absolute atomic E-state index is 12.8. The molecule has 0 saturated heterocycles. The molecule has 6 N–H and O–H groups in total. The lowest BCUT2D eigenvalue weighted by atomic mass is 10.1. The van der Waals surface area contributed by atoms with E-state index in [4.69, 9.17) is 15.9 Å². The van der Waals surface area contributed by atoms with E-state index >= 15 is 0 Å². The first-order valence-corrected chi connectivity index (χ1v) is 12.4. The van der Waals surface area contributed by atoms with Crippen molar-refractivity contribution in [1.29, 1.82) is 5.41 Å². The van der Waals surface area contributed by atoms with Crippen molar-refractivity contribution < 1.29 is 17.9 Å². The number of carbonyl (C=O) groups excluding carboxylic acids is 1. The van der Waals surface area contributed by atoms with Gasteiger partial charge in [-0.3, -0.25) is 14.9 Å². The molecule has 0 aliphatic rings. The smallest absolute Gasteiger partial charge is 0.261 e. The molecule has 0 atom stereocenters. The Labute approximate surface area is 205 Å². The van der Waals surface area contributed by atoms with E-state index in [1.807, 2.05) is 19.1 Å². The first kappa shape index (κ1) is 25.7. The van der Waals surface area contributed by atoms with Crippen LogP contribution in [0.25, 0.3) is 0 Å². The third-order valence-corrected chi connectivity index (χ3v) is 6.59. The quantitative estimate of drug-likeness (QED) is 0.204. The van der Waals surface area contributed by atoms with Crippen molar-refractivity contribution in [2.24, 2.45) is 5.73 Å². The van der Waals surface area contributed by atoms with Gasteiger partial charge in [-0.25, -0.2) is 8.42 Å². The number of aryl methyl sites for hydroxylation is 1. The minimum Gasteiger partial charge on any atom is -0.483 e. The third kappa shape index (κ3) is 7.05. The molecule has 0 unspecified atom stereocenters. The Morgan fingerprint density at radius 3 is 2.40 bits per heavy atom. The van der Waals surface area contributed by atoms with Gasteiger partial charge in [0.1, 0.15) is 11.6 Å². The Hall–Kier alpha value is -3.89. The largest absolute Gasteiger partial charge is 0.483 e. The van der Waals surface area contributed by atoms with E-state index in [0.29, 0.717) is 30.1 Å². The lowest BCUT2D eigenvalue weighted by Crippen LogP contribution is -2.25. The molecule has 0 aromatic heterocycles. The molecule has 0 heterocycles. The molecular weight excluding hydrogens is 466 g/mol. The molecule has 35 heavy (non-hydrogen) atoms. The van der Waals surface area contributed by atoms with Crippen LogP contribution < -0.4 is 25.8 Å². The molecule has 3 aromatic rings. The van der Waals surface area contributed by atoms with Gasteiger partial charge in [-0.1, -0.05) is 48.0 Å². The summed E-state index contributed by atoms with van der Waals surface area (Å²) in [6.07, 6.45) is 0. The monoisotopic (exact) mass is 495 g/mol. The Balaban J connectivity index is 1.76. The first-order chi connectivity index (χ1) is 16.7. The molecule has 0 fully saturated rings. The van der Waals surface area contributed by atoms with Crippen LogP contribution in [0.1, 0.15) is 22.3 Å². The zero-order valence-electron chi connectivity index (χ0n) is 19.6. The van der Waals surface area contributed by atoms with E-state index in [2.05, 4.69) is 15.4 Å². The van der Waals surface area contributed by atoms with Gasteiger partial charge in [0.15, 0.2) is 6.61 Å². The van der Waals surface area contributed by atoms with E-state index in [9.17, 15) is 13.2 Å². The lowest BCUT2D eigenvalue weighted by Gasteiger charge is -2.16. The van der Waals surface area contributed by atoms with Crippen molar-refractivity contribution in [3.05, 3.63) is 89.0 Å². The molecule has 3 aromatic carbocycles. The number of nitrogens with two attached hydrogens (primary N) is 1. The van der Waals surface area contributed by atoms with Crippen LogP contribution in [0.5, 0.6) is 5.75 Å². The summed E-state index contributed by atoms with van der Waals surface area (Å²) in [5.74, 6) is 0.0414. The molecular formula is C25H29N5O4S. The number of hydrogen-bond acceptors (Lipinski definition) is 6. The summed E-state index contributed by atoms with van der Waals surface area (Å²) >= 11 is 0. The summed E-state index contributed by atoms with van der Waals surface area (Å²) in [7, 11) is -2.21. The van der Waals surface area contributed by atoms with E-state index in [-0.39, 0.29) is 23.2 Å². The van der Waals surface area contributed by atoms with Crippen LogP contribution in [0.4, 0.5) is 5.69 Å². The predicted octanol–water partition coefficient (Wildman–Crippen LogP) is 2.49. The number of likely N-dealkylation sites (N-methyl/N-ethyl adjacent to an activating group) is 1. The maximum Gasteiger partial charge on any atom is 0.261 e. The second-order valence-electron chi connectivity index (χ2n) is 7.88. The number of amides is 1. The lowest BCUT2D eigenvalue weighted by molar-refractivity contribution is -0.122. The fourth-order valence-electron chi connectivity index (χ4n) is 3.32. The SMILES string of the molecule is CNC(=O)COc1cc(C(=N)N)ccc1CNCc1cc(C)ccc1NS(=O)(=O)c1ccccc1. The van der Waals surface area contributed by atoms with Crippen LogP contribution in [0.15, 0.2) is 71.6 Å². The van der Waals surface area contributed by atoms with Gasteiger partial charge in [0.05, 0.1) is 10.6 Å². The zero-order valence-corrected chi connectivity index (χ0v) is 20.4. The number of benzene rings is 3. The zero-order chi connectivity index (χ0) is 25.4. The first-order valence-electron chi connectivity index (χ1n) is 10.9.